The van der Waals surface area contributed by atoms with Gasteiger partial charge in [-0.3, -0.25) is 0 Å². The fourth-order valence-electron chi connectivity index (χ4n) is 4.30. The summed E-state index contributed by atoms with van der Waals surface area (Å²) in [4.78, 5) is 16.4. The molecule has 0 amide bonds. The molecule has 1 aromatic carbocycles. The molecule has 0 bridgehead atoms. The van der Waals surface area contributed by atoms with Gasteiger partial charge in [0.05, 0.1) is 11.5 Å². The minimum absolute atomic E-state index is 0.312. The van der Waals surface area contributed by atoms with Gasteiger partial charge in [-0.25, -0.2) is 18.4 Å². The summed E-state index contributed by atoms with van der Waals surface area (Å²) in [5.41, 5.74) is 0.824. The molecule has 1 aromatic heterocycles. The second kappa shape index (κ2) is 9.82. The van der Waals surface area contributed by atoms with E-state index in [0.717, 1.165) is 55.0 Å². The molecule has 0 saturated carbocycles. The molecule has 2 aliphatic rings. The monoisotopic (exact) mass is 474 g/mol. The second-order valence-electron chi connectivity index (χ2n) is 8.67. The molecule has 0 spiro atoms. The number of hydrogen-bond donors (Lipinski definition) is 0. The Morgan fingerprint density at radius 1 is 0.879 bits per heavy atom. The van der Waals surface area contributed by atoms with E-state index < -0.39 is 10.0 Å². The number of nitrogens with zero attached hydrogens (tertiary/aromatic N) is 6. The molecule has 3 heterocycles. The van der Waals surface area contributed by atoms with Crippen LogP contribution in [-0.2, 0) is 10.0 Å². The summed E-state index contributed by atoms with van der Waals surface area (Å²) in [5, 5.41) is 0. The van der Waals surface area contributed by atoms with Crippen LogP contribution >= 0.6 is 0 Å². The van der Waals surface area contributed by atoms with E-state index in [4.69, 9.17) is 4.74 Å². The Morgan fingerprint density at radius 2 is 1.45 bits per heavy atom. The van der Waals surface area contributed by atoms with Crippen molar-refractivity contribution in [3.05, 3.63) is 35.7 Å². The van der Waals surface area contributed by atoms with E-state index in [2.05, 4.69) is 31.7 Å². The zero-order valence-corrected chi connectivity index (χ0v) is 20.8. The highest BCUT2D eigenvalue weighted by Crippen LogP contribution is 2.26. The SMILES string of the molecule is CCOc1ccc(S(=O)(=O)N2CCN(c3cc(N4CCN(C)CC4)nc(C)n3)CC2)cc1C. The summed E-state index contributed by atoms with van der Waals surface area (Å²) in [6, 6.07) is 7.11. The molecule has 2 fully saturated rings. The molecular weight excluding hydrogens is 440 g/mol. The summed E-state index contributed by atoms with van der Waals surface area (Å²) in [6.45, 7) is 12.2. The Hall–Kier alpha value is -2.43. The summed E-state index contributed by atoms with van der Waals surface area (Å²) in [6.07, 6.45) is 0. The average molecular weight is 475 g/mol. The number of piperazine rings is 2. The van der Waals surface area contributed by atoms with Crippen LogP contribution in [0.5, 0.6) is 5.75 Å². The van der Waals surface area contributed by atoms with Crippen molar-refractivity contribution in [1.29, 1.82) is 0 Å². The van der Waals surface area contributed by atoms with Crippen molar-refractivity contribution in [2.75, 3.05) is 75.8 Å². The molecule has 9 nitrogen and oxygen atoms in total. The Bertz CT molecular complexity index is 1080. The van der Waals surface area contributed by atoms with Crippen molar-refractivity contribution in [3.8, 4) is 5.75 Å². The summed E-state index contributed by atoms with van der Waals surface area (Å²) in [5.74, 6) is 3.27. The zero-order chi connectivity index (χ0) is 23.6. The minimum atomic E-state index is -3.56. The van der Waals surface area contributed by atoms with E-state index in [0.29, 0.717) is 37.7 Å². The zero-order valence-electron chi connectivity index (χ0n) is 20.0. The van der Waals surface area contributed by atoms with Crippen LogP contribution in [0.1, 0.15) is 18.3 Å². The molecule has 0 aliphatic carbocycles. The van der Waals surface area contributed by atoms with Crippen LogP contribution in [0.25, 0.3) is 0 Å². The van der Waals surface area contributed by atoms with Gasteiger partial charge in [-0.05, 0) is 51.6 Å². The standard InChI is InChI=1S/C23H34N6O3S/c1-5-32-21-7-6-20(16-18(21)2)33(30,31)29-14-12-28(13-15-29)23-17-22(24-19(3)25-23)27-10-8-26(4)9-11-27/h6-7,16-17H,5,8-15H2,1-4H3. The van der Waals surface area contributed by atoms with E-state index in [-0.39, 0.29) is 0 Å². The highest BCUT2D eigenvalue weighted by Gasteiger charge is 2.30. The largest absolute Gasteiger partial charge is 0.494 e. The number of sulfonamides is 1. The molecule has 2 aromatic rings. The van der Waals surface area contributed by atoms with Crippen molar-refractivity contribution in [3.63, 3.8) is 0 Å². The Labute approximate surface area is 197 Å². The van der Waals surface area contributed by atoms with Gasteiger partial charge in [-0.1, -0.05) is 0 Å². The van der Waals surface area contributed by atoms with E-state index in [1.54, 1.807) is 22.5 Å². The highest BCUT2D eigenvalue weighted by molar-refractivity contribution is 7.89. The van der Waals surface area contributed by atoms with E-state index in [1.807, 2.05) is 26.8 Å². The van der Waals surface area contributed by atoms with Crippen molar-refractivity contribution >= 4 is 21.7 Å². The first kappa shape index (κ1) is 23.7. The lowest BCUT2D eigenvalue weighted by molar-refractivity contribution is 0.312. The van der Waals surface area contributed by atoms with Crippen LogP contribution in [0.3, 0.4) is 0 Å². The molecule has 180 valence electrons. The smallest absolute Gasteiger partial charge is 0.243 e. The normalized spacial score (nSPS) is 18.5. The Balaban J connectivity index is 1.45. The van der Waals surface area contributed by atoms with Gasteiger partial charge in [0.1, 0.15) is 23.2 Å². The van der Waals surface area contributed by atoms with Crippen LogP contribution < -0.4 is 14.5 Å². The van der Waals surface area contributed by atoms with Gasteiger partial charge in [0.25, 0.3) is 0 Å². The van der Waals surface area contributed by atoms with Gasteiger partial charge in [-0.15, -0.1) is 0 Å². The lowest BCUT2D eigenvalue weighted by Gasteiger charge is -2.36. The molecule has 0 atom stereocenters. The summed E-state index contributed by atoms with van der Waals surface area (Å²) >= 11 is 0. The first-order valence-electron chi connectivity index (χ1n) is 11.6. The number of hydrogen-bond acceptors (Lipinski definition) is 8. The van der Waals surface area contributed by atoms with Crippen molar-refractivity contribution < 1.29 is 13.2 Å². The number of anilines is 2. The third-order valence-electron chi connectivity index (χ3n) is 6.28. The molecule has 2 saturated heterocycles. The first-order valence-corrected chi connectivity index (χ1v) is 13.0. The third-order valence-corrected chi connectivity index (χ3v) is 8.18. The van der Waals surface area contributed by atoms with E-state index >= 15 is 0 Å². The quantitative estimate of drug-likeness (QED) is 0.626. The lowest BCUT2D eigenvalue weighted by Crippen LogP contribution is -2.49. The Kier molecular flexibility index (Phi) is 7.06. The Morgan fingerprint density at radius 3 is 2.00 bits per heavy atom. The molecule has 0 N–H and O–H groups in total. The van der Waals surface area contributed by atoms with Crippen LogP contribution in [-0.4, -0.2) is 93.6 Å². The van der Waals surface area contributed by atoms with Gasteiger partial charge in [0.15, 0.2) is 0 Å². The van der Waals surface area contributed by atoms with Crippen LogP contribution in [0, 0.1) is 13.8 Å². The van der Waals surface area contributed by atoms with Gasteiger partial charge in [-0.2, -0.15) is 4.31 Å². The van der Waals surface area contributed by atoms with Crippen LogP contribution in [0.15, 0.2) is 29.2 Å². The molecule has 2 aliphatic heterocycles. The number of rotatable bonds is 6. The van der Waals surface area contributed by atoms with E-state index in [1.165, 1.54) is 0 Å². The minimum Gasteiger partial charge on any atom is -0.494 e. The van der Waals surface area contributed by atoms with Gasteiger partial charge in [0.2, 0.25) is 10.0 Å². The van der Waals surface area contributed by atoms with Gasteiger partial charge in [0, 0.05) is 58.4 Å². The van der Waals surface area contributed by atoms with Crippen LogP contribution in [0.2, 0.25) is 0 Å². The average Bonchev–Trinajstić information content (AvgIpc) is 2.80. The number of benzene rings is 1. The molecule has 0 unspecified atom stereocenters. The van der Waals surface area contributed by atoms with Gasteiger partial charge < -0.3 is 19.4 Å². The first-order chi connectivity index (χ1) is 15.8. The molecule has 0 radical (unpaired) electrons. The fraction of sp³-hybridized carbons (Fsp3) is 0.565. The second-order valence-corrected chi connectivity index (χ2v) is 10.6. The predicted octanol–water partition coefficient (Wildman–Crippen LogP) is 1.75. The molecule has 4 rings (SSSR count). The molecule has 10 heteroatoms. The summed E-state index contributed by atoms with van der Waals surface area (Å²) < 4.78 is 33.6. The maximum absolute atomic E-state index is 13.2. The van der Waals surface area contributed by atoms with Gasteiger partial charge >= 0.3 is 0 Å². The highest BCUT2D eigenvalue weighted by atomic mass is 32.2. The van der Waals surface area contributed by atoms with E-state index in [9.17, 15) is 8.42 Å². The molecule has 33 heavy (non-hydrogen) atoms. The summed E-state index contributed by atoms with van der Waals surface area (Å²) in [7, 11) is -1.42. The number of likely N-dealkylation sites (N-methyl/N-ethyl adjacent to an activating group) is 1. The maximum atomic E-state index is 13.2. The lowest BCUT2D eigenvalue weighted by atomic mass is 10.2. The fourth-order valence-corrected chi connectivity index (χ4v) is 5.81. The van der Waals surface area contributed by atoms with Crippen LogP contribution in [0.4, 0.5) is 11.6 Å². The number of aryl methyl sites for hydroxylation is 2. The number of aromatic nitrogens is 2. The third kappa shape index (κ3) is 5.23. The predicted molar refractivity (Wildman–Crippen MR) is 130 cm³/mol. The topological polar surface area (TPSA) is 82.1 Å². The maximum Gasteiger partial charge on any atom is 0.243 e. The van der Waals surface area contributed by atoms with Crippen molar-refractivity contribution in [2.24, 2.45) is 0 Å². The van der Waals surface area contributed by atoms with Crippen molar-refractivity contribution in [2.45, 2.75) is 25.7 Å². The molecular formula is C23H34N6O3S. The number of ether oxygens (including phenoxy) is 1. The van der Waals surface area contributed by atoms with Crippen molar-refractivity contribution in [1.82, 2.24) is 19.2 Å².